The molecule has 2 rings (SSSR count). The van der Waals surface area contributed by atoms with Gasteiger partial charge in [-0.3, -0.25) is 4.79 Å². The van der Waals surface area contributed by atoms with Gasteiger partial charge in [0.25, 0.3) is 0 Å². The van der Waals surface area contributed by atoms with Gasteiger partial charge < -0.3 is 15.7 Å². The highest BCUT2D eigenvalue weighted by atomic mass is 79.9. The quantitative estimate of drug-likeness (QED) is 0.795. The van der Waals surface area contributed by atoms with Gasteiger partial charge in [0.1, 0.15) is 5.75 Å². The molecule has 4 nitrogen and oxygen atoms in total. The summed E-state index contributed by atoms with van der Waals surface area (Å²) < 4.78 is 0.698. The Kier molecular flexibility index (Phi) is 4.14. The molecule has 1 heterocycles. The molecular formula is C12H14BrClN2O2. The molecule has 0 bridgehead atoms. The summed E-state index contributed by atoms with van der Waals surface area (Å²) in [6.45, 7) is 3.21. The van der Waals surface area contributed by atoms with Gasteiger partial charge >= 0.3 is 0 Å². The van der Waals surface area contributed by atoms with Gasteiger partial charge in [0.15, 0.2) is 0 Å². The Morgan fingerprint density at radius 3 is 2.83 bits per heavy atom. The van der Waals surface area contributed by atoms with E-state index in [1.165, 1.54) is 0 Å². The molecule has 1 amide bonds. The number of phenolic OH excluding ortho intramolecular Hbond substituents is 1. The predicted molar refractivity (Wildman–Crippen MR) is 73.7 cm³/mol. The Labute approximate surface area is 119 Å². The average molecular weight is 334 g/mol. The van der Waals surface area contributed by atoms with Crippen molar-refractivity contribution >= 4 is 33.4 Å². The summed E-state index contributed by atoms with van der Waals surface area (Å²) in [5.41, 5.74) is 0.534. The van der Waals surface area contributed by atoms with Crippen LogP contribution in [0.15, 0.2) is 16.6 Å². The van der Waals surface area contributed by atoms with Gasteiger partial charge in [0.05, 0.1) is 17.0 Å². The average Bonchev–Trinajstić information content (AvgIpc) is 2.21. The van der Waals surface area contributed by atoms with E-state index in [4.69, 9.17) is 11.6 Å². The highest BCUT2D eigenvalue weighted by molar-refractivity contribution is 9.10. The van der Waals surface area contributed by atoms with E-state index < -0.39 is 0 Å². The second kappa shape index (κ2) is 5.47. The zero-order valence-electron chi connectivity index (χ0n) is 9.84. The van der Waals surface area contributed by atoms with E-state index in [-0.39, 0.29) is 23.6 Å². The van der Waals surface area contributed by atoms with Crippen LogP contribution in [0.5, 0.6) is 5.75 Å². The number of nitrogens with one attached hydrogen (secondary N) is 2. The zero-order valence-corrected chi connectivity index (χ0v) is 12.2. The van der Waals surface area contributed by atoms with Crippen LogP contribution in [0.1, 0.15) is 18.5 Å². The summed E-state index contributed by atoms with van der Waals surface area (Å²) in [7, 11) is 0. The summed E-state index contributed by atoms with van der Waals surface area (Å²) in [5, 5.41) is 16.2. The van der Waals surface area contributed by atoms with Gasteiger partial charge in [-0.2, -0.15) is 0 Å². The number of aromatic hydroxyl groups is 1. The SMILES string of the molecule is C[C@H](NC(=O)C1CNC1)c1c(O)ccc(Br)c1Cl. The van der Waals surface area contributed by atoms with Crippen LogP contribution >= 0.6 is 27.5 Å². The van der Waals surface area contributed by atoms with E-state index in [9.17, 15) is 9.90 Å². The number of carbonyl (C=O) groups excluding carboxylic acids is 1. The fourth-order valence-corrected chi connectivity index (χ4v) is 2.51. The van der Waals surface area contributed by atoms with Crippen molar-refractivity contribution in [2.24, 2.45) is 5.92 Å². The van der Waals surface area contributed by atoms with E-state index in [0.717, 1.165) is 0 Å². The van der Waals surface area contributed by atoms with E-state index in [1.807, 2.05) is 0 Å². The number of hydrogen-bond donors (Lipinski definition) is 3. The van der Waals surface area contributed by atoms with Gasteiger partial charge in [0.2, 0.25) is 5.91 Å². The number of benzene rings is 1. The van der Waals surface area contributed by atoms with Crippen LogP contribution < -0.4 is 10.6 Å². The maximum Gasteiger partial charge on any atom is 0.226 e. The molecule has 1 saturated heterocycles. The van der Waals surface area contributed by atoms with E-state index >= 15 is 0 Å². The number of hydrogen-bond acceptors (Lipinski definition) is 3. The van der Waals surface area contributed by atoms with Crippen LogP contribution in [0.3, 0.4) is 0 Å². The highest BCUT2D eigenvalue weighted by Gasteiger charge is 2.27. The fourth-order valence-electron chi connectivity index (χ4n) is 1.85. The molecule has 0 aliphatic carbocycles. The Hall–Kier alpha value is -0.780. The third kappa shape index (κ3) is 2.63. The molecule has 1 aromatic carbocycles. The predicted octanol–water partition coefficient (Wildman–Crippen LogP) is 2.20. The summed E-state index contributed by atoms with van der Waals surface area (Å²) >= 11 is 9.44. The number of halogens is 2. The molecule has 18 heavy (non-hydrogen) atoms. The molecular weight excluding hydrogens is 320 g/mol. The Bertz CT molecular complexity index is 477. The maximum absolute atomic E-state index is 11.8. The molecule has 0 radical (unpaired) electrons. The lowest BCUT2D eigenvalue weighted by Crippen LogP contribution is -2.51. The van der Waals surface area contributed by atoms with Crippen LogP contribution in [0.25, 0.3) is 0 Å². The van der Waals surface area contributed by atoms with E-state index in [2.05, 4.69) is 26.6 Å². The number of carbonyl (C=O) groups is 1. The van der Waals surface area contributed by atoms with Crippen LogP contribution in [-0.4, -0.2) is 24.1 Å². The molecule has 1 aromatic rings. The summed E-state index contributed by atoms with van der Waals surface area (Å²) in [4.78, 5) is 11.8. The monoisotopic (exact) mass is 332 g/mol. The van der Waals surface area contributed by atoms with Crippen LogP contribution in [0.2, 0.25) is 5.02 Å². The highest BCUT2D eigenvalue weighted by Crippen LogP contribution is 2.36. The first kappa shape index (κ1) is 13.6. The number of phenols is 1. The first-order valence-electron chi connectivity index (χ1n) is 5.68. The first-order valence-corrected chi connectivity index (χ1v) is 6.85. The topological polar surface area (TPSA) is 61.4 Å². The molecule has 0 unspecified atom stereocenters. The van der Waals surface area contributed by atoms with Gasteiger partial charge in [-0.15, -0.1) is 0 Å². The first-order chi connectivity index (χ1) is 8.50. The van der Waals surface area contributed by atoms with Crippen molar-refractivity contribution in [1.82, 2.24) is 10.6 Å². The standard InChI is InChI=1S/C12H14BrClN2O2/c1-6(16-12(18)7-4-15-5-7)10-9(17)3-2-8(13)11(10)14/h2-3,6-7,15,17H,4-5H2,1H3,(H,16,18)/t6-/m0/s1. The second-order valence-corrected chi connectivity index (χ2v) is 5.61. The molecule has 6 heteroatoms. The van der Waals surface area contributed by atoms with Crippen molar-refractivity contribution in [1.29, 1.82) is 0 Å². The molecule has 0 saturated carbocycles. The van der Waals surface area contributed by atoms with Crippen molar-refractivity contribution in [3.05, 3.63) is 27.2 Å². The van der Waals surface area contributed by atoms with Crippen LogP contribution in [0.4, 0.5) is 0 Å². The molecule has 1 fully saturated rings. The largest absolute Gasteiger partial charge is 0.508 e. The normalized spacial score (nSPS) is 17.1. The van der Waals surface area contributed by atoms with Gasteiger partial charge in [0, 0.05) is 23.1 Å². The molecule has 0 aromatic heterocycles. The third-order valence-electron chi connectivity index (χ3n) is 3.05. The smallest absolute Gasteiger partial charge is 0.226 e. The van der Waals surface area contributed by atoms with Crippen molar-refractivity contribution in [3.63, 3.8) is 0 Å². The zero-order chi connectivity index (χ0) is 13.3. The molecule has 1 aliphatic rings. The lowest BCUT2D eigenvalue weighted by atomic mass is 10.0. The van der Waals surface area contributed by atoms with Crippen LogP contribution in [0, 0.1) is 5.92 Å². The third-order valence-corrected chi connectivity index (χ3v) is 4.35. The van der Waals surface area contributed by atoms with Gasteiger partial charge in [-0.1, -0.05) is 11.6 Å². The molecule has 0 spiro atoms. The van der Waals surface area contributed by atoms with Gasteiger partial charge in [-0.25, -0.2) is 0 Å². The summed E-state index contributed by atoms with van der Waals surface area (Å²) in [6, 6.07) is 2.90. The van der Waals surface area contributed by atoms with Crippen molar-refractivity contribution < 1.29 is 9.90 Å². The minimum absolute atomic E-state index is 0.0144. The summed E-state index contributed by atoms with van der Waals surface area (Å²) in [5.74, 6) is 0.0833. The minimum atomic E-state index is -0.330. The van der Waals surface area contributed by atoms with Crippen molar-refractivity contribution in [2.45, 2.75) is 13.0 Å². The van der Waals surface area contributed by atoms with Crippen LogP contribution in [-0.2, 0) is 4.79 Å². The Balaban J connectivity index is 2.15. The fraction of sp³-hybridized carbons (Fsp3) is 0.417. The molecule has 1 atom stereocenters. The molecule has 98 valence electrons. The van der Waals surface area contributed by atoms with Crippen molar-refractivity contribution in [2.75, 3.05) is 13.1 Å². The number of amides is 1. The number of rotatable bonds is 3. The second-order valence-electron chi connectivity index (χ2n) is 4.38. The molecule has 1 aliphatic heterocycles. The minimum Gasteiger partial charge on any atom is -0.508 e. The maximum atomic E-state index is 11.8. The lowest BCUT2D eigenvalue weighted by Gasteiger charge is -2.28. The van der Waals surface area contributed by atoms with Gasteiger partial charge in [-0.05, 0) is 35.0 Å². The van der Waals surface area contributed by atoms with Crippen molar-refractivity contribution in [3.8, 4) is 5.75 Å². The Morgan fingerprint density at radius 2 is 2.28 bits per heavy atom. The molecule has 3 N–H and O–H groups in total. The lowest BCUT2D eigenvalue weighted by molar-refractivity contribution is -0.127. The van der Waals surface area contributed by atoms with E-state index in [0.29, 0.717) is 28.1 Å². The van der Waals surface area contributed by atoms with E-state index in [1.54, 1.807) is 19.1 Å². The Morgan fingerprint density at radius 1 is 1.61 bits per heavy atom. The summed E-state index contributed by atoms with van der Waals surface area (Å²) in [6.07, 6.45) is 0.